The summed E-state index contributed by atoms with van der Waals surface area (Å²) >= 11 is 0. The molecule has 0 spiro atoms. The van der Waals surface area contributed by atoms with Crippen molar-refractivity contribution >= 4 is 24.2 Å². The molecule has 1 aromatic carbocycles. The van der Waals surface area contributed by atoms with E-state index in [4.69, 9.17) is 15.2 Å². The van der Waals surface area contributed by atoms with Crippen LogP contribution in [0, 0.1) is 0 Å². The first-order valence-corrected chi connectivity index (χ1v) is 4.90. The zero-order valence-corrected chi connectivity index (χ0v) is 10.4. The van der Waals surface area contributed by atoms with Crippen molar-refractivity contribution in [3.05, 3.63) is 23.8 Å². The van der Waals surface area contributed by atoms with Crippen molar-refractivity contribution in [2.75, 3.05) is 13.9 Å². The van der Waals surface area contributed by atoms with Gasteiger partial charge in [-0.25, -0.2) is 4.79 Å². The molecule has 1 aliphatic heterocycles. The summed E-state index contributed by atoms with van der Waals surface area (Å²) in [6, 6.07) is 3.30. The Balaban J connectivity index is 0.00000162. The van der Waals surface area contributed by atoms with Crippen molar-refractivity contribution < 1.29 is 23.8 Å². The lowest BCUT2D eigenvalue weighted by atomic mass is 10.0. The van der Waals surface area contributed by atoms with E-state index in [9.17, 15) is 9.59 Å². The van der Waals surface area contributed by atoms with E-state index in [1.165, 1.54) is 19.2 Å². The Kier molecular flexibility index (Phi) is 4.52. The Morgan fingerprint density at radius 1 is 1.33 bits per heavy atom. The lowest BCUT2D eigenvalue weighted by molar-refractivity contribution is -0.140. The molecule has 2 N–H and O–H groups in total. The van der Waals surface area contributed by atoms with E-state index in [1.54, 1.807) is 6.07 Å². The van der Waals surface area contributed by atoms with Crippen molar-refractivity contribution in [1.29, 1.82) is 0 Å². The summed E-state index contributed by atoms with van der Waals surface area (Å²) in [5.74, 6) is -0.260. The number of esters is 1. The molecule has 1 atom stereocenters. The first kappa shape index (κ1) is 14.3. The van der Waals surface area contributed by atoms with Gasteiger partial charge in [0.25, 0.3) is 0 Å². The highest BCUT2D eigenvalue weighted by Gasteiger charge is 2.25. The number of benzene rings is 1. The van der Waals surface area contributed by atoms with Gasteiger partial charge in [-0.05, 0) is 18.2 Å². The van der Waals surface area contributed by atoms with Gasteiger partial charge in [-0.15, -0.1) is 12.4 Å². The molecule has 7 heteroatoms. The number of halogens is 1. The van der Waals surface area contributed by atoms with Crippen molar-refractivity contribution in [2.45, 2.75) is 6.04 Å². The fourth-order valence-electron chi connectivity index (χ4n) is 1.46. The Labute approximate surface area is 109 Å². The van der Waals surface area contributed by atoms with E-state index in [0.29, 0.717) is 11.5 Å². The molecule has 0 aromatic heterocycles. The fraction of sp³-hybridized carbons (Fsp3) is 0.273. The van der Waals surface area contributed by atoms with Crippen LogP contribution in [-0.2, 0) is 9.53 Å². The van der Waals surface area contributed by atoms with Crippen LogP contribution in [-0.4, -0.2) is 31.7 Å². The van der Waals surface area contributed by atoms with Crippen LogP contribution in [0.25, 0.3) is 0 Å². The first-order valence-electron chi connectivity index (χ1n) is 4.90. The second-order valence-electron chi connectivity index (χ2n) is 3.43. The van der Waals surface area contributed by atoms with Gasteiger partial charge in [0.05, 0.1) is 7.11 Å². The molecule has 0 saturated heterocycles. The van der Waals surface area contributed by atoms with Crippen LogP contribution in [0.15, 0.2) is 18.2 Å². The van der Waals surface area contributed by atoms with Crippen molar-refractivity contribution in [3.8, 4) is 11.5 Å². The Hall–Kier alpha value is -1.79. The number of rotatable bonds is 3. The van der Waals surface area contributed by atoms with Gasteiger partial charge in [0.15, 0.2) is 23.3 Å². The lowest BCUT2D eigenvalue weighted by Crippen LogP contribution is -2.39. The van der Waals surface area contributed by atoms with E-state index in [1.807, 2.05) is 0 Å². The number of hydrogen-bond donors (Lipinski definition) is 1. The largest absolute Gasteiger partial charge is 0.468 e. The van der Waals surface area contributed by atoms with Gasteiger partial charge in [0.2, 0.25) is 6.79 Å². The zero-order chi connectivity index (χ0) is 12.4. The number of fused-ring (bicyclic) bond motifs is 1. The van der Waals surface area contributed by atoms with Crippen LogP contribution >= 0.6 is 12.4 Å². The van der Waals surface area contributed by atoms with Crippen LogP contribution in [0.1, 0.15) is 10.4 Å². The van der Waals surface area contributed by atoms with E-state index < -0.39 is 17.8 Å². The van der Waals surface area contributed by atoms with Gasteiger partial charge < -0.3 is 19.9 Å². The highest BCUT2D eigenvalue weighted by Crippen LogP contribution is 2.32. The van der Waals surface area contributed by atoms with Crippen LogP contribution < -0.4 is 15.2 Å². The topological polar surface area (TPSA) is 87.9 Å². The number of methoxy groups -OCH3 is 1. The first-order chi connectivity index (χ1) is 8.13. The molecule has 18 heavy (non-hydrogen) atoms. The third kappa shape index (κ3) is 2.55. The Bertz CT molecular complexity index is 477. The second-order valence-corrected chi connectivity index (χ2v) is 3.43. The Morgan fingerprint density at radius 3 is 2.67 bits per heavy atom. The standard InChI is InChI=1S/C11H11NO5.ClH/c1-15-11(14)9(12)10(13)6-2-3-7-8(4-6)17-5-16-7;/h2-4,9H,5,12H2,1H3;1H. The van der Waals surface area contributed by atoms with Crippen molar-refractivity contribution in [3.63, 3.8) is 0 Å². The number of ether oxygens (including phenoxy) is 3. The summed E-state index contributed by atoms with van der Waals surface area (Å²) in [5, 5.41) is 0. The molecule has 1 aliphatic rings. The number of carbonyl (C=O) groups is 2. The predicted octanol–water partition coefficient (Wildman–Crippen LogP) is 0.520. The highest BCUT2D eigenvalue weighted by molar-refractivity contribution is 6.12. The summed E-state index contributed by atoms with van der Waals surface area (Å²) < 4.78 is 14.6. The lowest BCUT2D eigenvalue weighted by Gasteiger charge is -2.08. The van der Waals surface area contributed by atoms with Gasteiger partial charge in [-0.1, -0.05) is 0 Å². The molecule has 0 fully saturated rings. The number of Topliss-reactive ketones (excluding diaryl/α,β-unsaturated/α-hetero) is 1. The van der Waals surface area contributed by atoms with E-state index in [-0.39, 0.29) is 24.8 Å². The number of ketones is 1. The van der Waals surface area contributed by atoms with E-state index in [0.717, 1.165) is 0 Å². The average molecular weight is 274 g/mol. The SMILES string of the molecule is COC(=O)C(N)C(=O)c1ccc2c(c1)OCO2.Cl. The monoisotopic (exact) mass is 273 g/mol. The summed E-state index contributed by atoms with van der Waals surface area (Å²) in [6.45, 7) is 0.121. The number of nitrogens with two attached hydrogens (primary N) is 1. The van der Waals surface area contributed by atoms with Gasteiger partial charge in [-0.3, -0.25) is 4.79 Å². The molecular formula is C11H12ClNO5. The summed E-state index contributed by atoms with van der Waals surface area (Å²) in [5.41, 5.74) is 5.74. The van der Waals surface area contributed by atoms with Gasteiger partial charge in [-0.2, -0.15) is 0 Å². The molecule has 2 rings (SSSR count). The molecule has 0 aliphatic carbocycles. The van der Waals surface area contributed by atoms with Gasteiger partial charge >= 0.3 is 5.97 Å². The highest BCUT2D eigenvalue weighted by atomic mass is 35.5. The third-order valence-corrected chi connectivity index (χ3v) is 2.39. The van der Waals surface area contributed by atoms with Gasteiger partial charge in [0, 0.05) is 5.56 Å². The average Bonchev–Trinajstić information content (AvgIpc) is 2.83. The third-order valence-electron chi connectivity index (χ3n) is 2.39. The van der Waals surface area contributed by atoms with Gasteiger partial charge in [0.1, 0.15) is 0 Å². The van der Waals surface area contributed by atoms with E-state index >= 15 is 0 Å². The maximum atomic E-state index is 11.8. The number of hydrogen-bond acceptors (Lipinski definition) is 6. The molecule has 1 heterocycles. The molecule has 6 nitrogen and oxygen atoms in total. The minimum absolute atomic E-state index is 0. The zero-order valence-electron chi connectivity index (χ0n) is 9.54. The minimum Gasteiger partial charge on any atom is -0.468 e. The normalized spacial score (nSPS) is 13.4. The summed E-state index contributed by atoms with van der Waals surface area (Å²) in [6.07, 6.45) is 0. The minimum atomic E-state index is -1.32. The molecule has 0 bridgehead atoms. The fourth-order valence-corrected chi connectivity index (χ4v) is 1.46. The van der Waals surface area contributed by atoms with Crippen molar-refractivity contribution in [1.82, 2.24) is 0 Å². The van der Waals surface area contributed by atoms with Crippen molar-refractivity contribution in [2.24, 2.45) is 5.73 Å². The smallest absolute Gasteiger partial charge is 0.330 e. The molecular weight excluding hydrogens is 262 g/mol. The quantitative estimate of drug-likeness (QED) is 0.491. The summed E-state index contributed by atoms with van der Waals surface area (Å²) in [4.78, 5) is 23.0. The molecule has 1 unspecified atom stereocenters. The molecule has 0 saturated carbocycles. The molecule has 98 valence electrons. The van der Waals surface area contributed by atoms with Crippen LogP contribution in [0.5, 0.6) is 11.5 Å². The molecule has 0 radical (unpaired) electrons. The maximum absolute atomic E-state index is 11.8. The van der Waals surface area contributed by atoms with Crippen LogP contribution in [0.4, 0.5) is 0 Å². The van der Waals surface area contributed by atoms with Crippen LogP contribution in [0.2, 0.25) is 0 Å². The van der Waals surface area contributed by atoms with E-state index in [2.05, 4.69) is 4.74 Å². The summed E-state index contributed by atoms with van der Waals surface area (Å²) in [7, 11) is 1.18. The predicted molar refractivity (Wildman–Crippen MR) is 64.1 cm³/mol. The molecule has 0 amide bonds. The second kappa shape index (κ2) is 5.70. The number of carbonyl (C=O) groups excluding carboxylic acids is 2. The Morgan fingerprint density at radius 2 is 2.00 bits per heavy atom. The maximum Gasteiger partial charge on any atom is 0.330 e. The van der Waals surface area contributed by atoms with Crippen LogP contribution in [0.3, 0.4) is 0 Å². The molecule has 1 aromatic rings.